The fourth-order valence-corrected chi connectivity index (χ4v) is 1.96. The summed E-state index contributed by atoms with van der Waals surface area (Å²) in [6, 6.07) is 9.12. The highest BCUT2D eigenvalue weighted by molar-refractivity contribution is 9.10. The normalized spacial score (nSPS) is 10.6. The number of nitro groups is 1. The molecule has 9 heteroatoms. The molecule has 2 aromatic heterocycles. The number of non-ortho nitro benzene ring substituents is 1. The van der Waals surface area contributed by atoms with E-state index in [9.17, 15) is 10.1 Å². The average molecular weight is 366 g/mol. The molecule has 0 radical (unpaired) electrons. The Hall–Kier alpha value is -2.68. The minimum Gasteiger partial charge on any atom is -0.484 e. The van der Waals surface area contributed by atoms with Crippen LogP contribution in [0.25, 0.3) is 11.7 Å². The first-order chi connectivity index (χ1) is 10.6. The van der Waals surface area contributed by atoms with Crippen molar-refractivity contribution in [3.8, 4) is 17.4 Å². The molecule has 0 amide bonds. The van der Waals surface area contributed by atoms with Crippen molar-refractivity contribution < 1.29 is 18.5 Å². The van der Waals surface area contributed by atoms with Crippen LogP contribution in [0.2, 0.25) is 0 Å². The van der Waals surface area contributed by atoms with E-state index in [4.69, 9.17) is 13.6 Å². The highest BCUT2D eigenvalue weighted by atomic mass is 79.9. The van der Waals surface area contributed by atoms with Crippen LogP contribution in [-0.4, -0.2) is 15.1 Å². The number of nitro benzene ring substituents is 1. The van der Waals surface area contributed by atoms with Gasteiger partial charge in [-0.2, -0.15) is 0 Å². The molecule has 0 spiro atoms. The molecule has 1 aromatic carbocycles. The van der Waals surface area contributed by atoms with Crippen molar-refractivity contribution in [2.45, 2.75) is 6.61 Å². The molecule has 0 saturated carbocycles. The number of benzene rings is 1. The topological polar surface area (TPSA) is 104 Å². The Morgan fingerprint density at radius 1 is 1.14 bits per heavy atom. The lowest BCUT2D eigenvalue weighted by Crippen LogP contribution is -1.96. The van der Waals surface area contributed by atoms with Crippen LogP contribution >= 0.6 is 15.9 Å². The Morgan fingerprint density at radius 3 is 2.55 bits per heavy atom. The minimum absolute atomic E-state index is 0.00387. The summed E-state index contributed by atoms with van der Waals surface area (Å²) in [7, 11) is 0. The first-order valence-electron chi connectivity index (χ1n) is 6.07. The van der Waals surface area contributed by atoms with E-state index in [1.165, 1.54) is 24.3 Å². The van der Waals surface area contributed by atoms with Gasteiger partial charge in [0.2, 0.25) is 0 Å². The number of halogens is 1. The first-order valence-corrected chi connectivity index (χ1v) is 6.86. The van der Waals surface area contributed by atoms with Gasteiger partial charge in [-0.1, -0.05) is 0 Å². The van der Waals surface area contributed by atoms with Crippen LogP contribution in [0, 0.1) is 10.1 Å². The molecule has 0 aliphatic heterocycles. The van der Waals surface area contributed by atoms with E-state index in [1.54, 1.807) is 12.1 Å². The van der Waals surface area contributed by atoms with Gasteiger partial charge in [0.25, 0.3) is 17.5 Å². The van der Waals surface area contributed by atoms with Crippen molar-refractivity contribution in [3.05, 3.63) is 57.1 Å². The van der Waals surface area contributed by atoms with Crippen LogP contribution in [0.15, 0.2) is 49.9 Å². The number of nitrogens with zero attached hydrogens (tertiary/aromatic N) is 3. The second-order valence-corrected chi connectivity index (χ2v) is 4.93. The summed E-state index contributed by atoms with van der Waals surface area (Å²) in [4.78, 5) is 10.1. The van der Waals surface area contributed by atoms with Gasteiger partial charge in [0.05, 0.1) is 4.92 Å². The fraction of sp³-hybridized carbons (Fsp3) is 0.0769. The molecule has 0 unspecified atom stereocenters. The number of furan rings is 1. The third kappa shape index (κ3) is 3.14. The Bertz CT molecular complexity index is 796. The Kier molecular flexibility index (Phi) is 3.88. The highest BCUT2D eigenvalue weighted by Gasteiger charge is 2.13. The van der Waals surface area contributed by atoms with Gasteiger partial charge in [0.15, 0.2) is 17.0 Å². The van der Waals surface area contributed by atoms with E-state index in [1.807, 2.05) is 0 Å². The van der Waals surface area contributed by atoms with E-state index in [0.29, 0.717) is 16.2 Å². The van der Waals surface area contributed by atoms with Crippen LogP contribution in [0.3, 0.4) is 0 Å². The zero-order valence-corrected chi connectivity index (χ0v) is 12.5. The molecule has 2 heterocycles. The summed E-state index contributed by atoms with van der Waals surface area (Å²) in [6.07, 6.45) is 0. The van der Waals surface area contributed by atoms with Gasteiger partial charge >= 0.3 is 0 Å². The summed E-state index contributed by atoms with van der Waals surface area (Å²) < 4.78 is 16.7. The van der Waals surface area contributed by atoms with Crippen molar-refractivity contribution in [2.75, 3.05) is 0 Å². The van der Waals surface area contributed by atoms with Crippen LogP contribution < -0.4 is 4.74 Å². The largest absolute Gasteiger partial charge is 0.484 e. The molecule has 0 bridgehead atoms. The zero-order chi connectivity index (χ0) is 15.5. The van der Waals surface area contributed by atoms with Gasteiger partial charge in [0.1, 0.15) is 5.75 Å². The van der Waals surface area contributed by atoms with Gasteiger partial charge in [-0.25, -0.2) is 0 Å². The van der Waals surface area contributed by atoms with E-state index >= 15 is 0 Å². The zero-order valence-electron chi connectivity index (χ0n) is 10.9. The van der Waals surface area contributed by atoms with E-state index in [2.05, 4.69) is 26.1 Å². The van der Waals surface area contributed by atoms with Crippen LogP contribution in [-0.2, 0) is 6.61 Å². The maximum absolute atomic E-state index is 10.6. The van der Waals surface area contributed by atoms with Crippen LogP contribution in [0.1, 0.15) is 5.89 Å². The Labute approximate surface area is 132 Å². The third-order valence-electron chi connectivity index (χ3n) is 2.66. The molecule has 0 aliphatic carbocycles. The van der Waals surface area contributed by atoms with Gasteiger partial charge in [-0.15, -0.1) is 10.2 Å². The molecule has 0 aliphatic rings. The molecule has 0 N–H and O–H groups in total. The van der Waals surface area contributed by atoms with Crippen molar-refractivity contribution in [3.63, 3.8) is 0 Å². The monoisotopic (exact) mass is 365 g/mol. The van der Waals surface area contributed by atoms with E-state index in [-0.39, 0.29) is 24.1 Å². The van der Waals surface area contributed by atoms with Crippen molar-refractivity contribution >= 4 is 21.6 Å². The quantitative estimate of drug-likeness (QED) is 0.502. The first kappa shape index (κ1) is 14.3. The molecular formula is C13H8BrN3O5. The second kappa shape index (κ2) is 5.98. The molecule has 112 valence electrons. The average Bonchev–Trinajstić information content (AvgIpc) is 3.14. The standard InChI is InChI=1S/C13H8BrN3O5/c14-11-6-5-10(21-11)13-16-15-12(22-13)7-20-9-3-1-8(2-4-9)17(18)19/h1-6H,7H2. The lowest BCUT2D eigenvalue weighted by Gasteiger charge is -2.02. The maximum Gasteiger partial charge on any atom is 0.283 e. The van der Waals surface area contributed by atoms with Crippen molar-refractivity contribution in [1.29, 1.82) is 0 Å². The van der Waals surface area contributed by atoms with Gasteiger partial charge in [0, 0.05) is 12.1 Å². The Balaban J connectivity index is 1.64. The van der Waals surface area contributed by atoms with Crippen LogP contribution in [0.4, 0.5) is 5.69 Å². The smallest absolute Gasteiger partial charge is 0.283 e. The summed E-state index contributed by atoms with van der Waals surface area (Å²) in [5, 5.41) is 18.2. The maximum atomic E-state index is 10.6. The van der Waals surface area contributed by atoms with E-state index < -0.39 is 4.92 Å². The molecular weight excluding hydrogens is 358 g/mol. The van der Waals surface area contributed by atoms with Gasteiger partial charge < -0.3 is 13.6 Å². The summed E-state index contributed by atoms with van der Waals surface area (Å²) in [5.74, 6) is 1.42. The molecule has 0 saturated heterocycles. The minimum atomic E-state index is -0.477. The molecule has 0 atom stereocenters. The fourth-order valence-electron chi connectivity index (χ4n) is 1.65. The number of hydrogen-bond acceptors (Lipinski definition) is 7. The van der Waals surface area contributed by atoms with Crippen molar-refractivity contribution in [1.82, 2.24) is 10.2 Å². The third-order valence-corrected chi connectivity index (χ3v) is 3.09. The molecule has 22 heavy (non-hydrogen) atoms. The summed E-state index contributed by atoms with van der Waals surface area (Å²) >= 11 is 3.18. The van der Waals surface area contributed by atoms with Crippen LogP contribution in [0.5, 0.6) is 5.75 Å². The number of aromatic nitrogens is 2. The van der Waals surface area contributed by atoms with Crippen molar-refractivity contribution in [2.24, 2.45) is 0 Å². The summed E-state index contributed by atoms with van der Waals surface area (Å²) in [5.41, 5.74) is -0.00387. The lowest BCUT2D eigenvalue weighted by molar-refractivity contribution is -0.384. The molecule has 3 aromatic rings. The number of ether oxygens (including phenoxy) is 1. The number of hydrogen-bond donors (Lipinski definition) is 0. The number of rotatable bonds is 5. The molecule has 8 nitrogen and oxygen atoms in total. The SMILES string of the molecule is O=[N+]([O-])c1ccc(OCc2nnc(-c3ccc(Br)o3)o2)cc1. The van der Waals surface area contributed by atoms with Gasteiger partial charge in [-0.3, -0.25) is 10.1 Å². The van der Waals surface area contributed by atoms with Gasteiger partial charge in [-0.05, 0) is 40.2 Å². The second-order valence-electron chi connectivity index (χ2n) is 4.14. The highest BCUT2D eigenvalue weighted by Crippen LogP contribution is 2.24. The summed E-state index contributed by atoms with van der Waals surface area (Å²) in [6.45, 7) is 0.0483. The predicted octanol–water partition coefficient (Wildman–Crippen LogP) is 3.58. The molecule has 3 rings (SSSR count). The van der Waals surface area contributed by atoms with E-state index in [0.717, 1.165) is 0 Å². The predicted molar refractivity (Wildman–Crippen MR) is 77.1 cm³/mol. The molecule has 0 fully saturated rings. The lowest BCUT2D eigenvalue weighted by atomic mass is 10.3. The Morgan fingerprint density at radius 2 is 1.91 bits per heavy atom.